The summed E-state index contributed by atoms with van der Waals surface area (Å²) in [5, 5.41) is 0. The van der Waals surface area contributed by atoms with E-state index in [1.807, 2.05) is 30.6 Å². The van der Waals surface area contributed by atoms with Crippen molar-refractivity contribution in [3.8, 4) is 0 Å². The maximum atomic E-state index is 12.0. The van der Waals surface area contributed by atoms with E-state index >= 15 is 0 Å². The standard InChI is InChI=1S/C13H24N2O2/c1-5-12(16)14-6-7-15(9-11(4)8-14)13(17)10(2)3/h10-11H,5-9H2,1-4H3/t11-/m1/s1. The van der Waals surface area contributed by atoms with E-state index in [0.29, 0.717) is 25.4 Å². The average Bonchev–Trinajstić information content (AvgIpc) is 2.48. The Kier molecular flexibility index (Phi) is 4.97. The summed E-state index contributed by atoms with van der Waals surface area (Å²) in [5.74, 6) is 0.782. The summed E-state index contributed by atoms with van der Waals surface area (Å²) in [6.07, 6.45) is 0.546. The first-order valence-corrected chi connectivity index (χ1v) is 6.52. The monoisotopic (exact) mass is 240 g/mol. The summed E-state index contributed by atoms with van der Waals surface area (Å²) >= 11 is 0. The third-order valence-electron chi connectivity index (χ3n) is 3.16. The smallest absolute Gasteiger partial charge is 0.225 e. The van der Waals surface area contributed by atoms with E-state index in [1.54, 1.807) is 0 Å². The summed E-state index contributed by atoms with van der Waals surface area (Å²) in [4.78, 5) is 27.5. The Morgan fingerprint density at radius 2 is 1.71 bits per heavy atom. The van der Waals surface area contributed by atoms with Crippen LogP contribution in [0.15, 0.2) is 0 Å². The highest BCUT2D eigenvalue weighted by Gasteiger charge is 2.26. The Balaban J connectivity index is 2.66. The lowest BCUT2D eigenvalue weighted by molar-refractivity contribution is -0.135. The minimum absolute atomic E-state index is 0.0376. The van der Waals surface area contributed by atoms with Crippen LogP contribution in [0.1, 0.15) is 34.1 Å². The van der Waals surface area contributed by atoms with E-state index in [0.717, 1.165) is 13.1 Å². The van der Waals surface area contributed by atoms with Crippen molar-refractivity contribution >= 4 is 11.8 Å². The van der Waals surface area contributed by atoms with E-state index in [9.17, 15) is 9.59 Å². The predicted octanol–water partition coefficient (Wildman–Crippen LogP) is 1.36. The lowest BCUT2D eigenvalue weighted by Gasteiger charge is -2.23. The van der Waals surface area contributed by atoms with Gasteiger partial charge in [-0.15, -0.1) is 0 Å². The normalized spacial score (nSPS) is 21.6. The van der Waals surface area contributed by atoms with Gasteiger partial charge in [0.1, 0.15) is 0 Å². The largest absolute Gasteiger partial charge is 0.341 e. The summed E-state index contributed by atoms with van der Waals surface area (Å²) in [7, 11) is 0. The molecule has 0 unspecified atom stereocenters. The van der Waals surface area contributed by atoms with Gasteiger partial charge in [-0.1, -0.05) is 27.7 Å². The van der Waals surface area contributed by atoms with Gasteiger partial charge in [-0.3, -0.25) is 9.59 Å². The molecule has 1 aliphatic rings. The van der Waals surface area contributed by atoms with Crippen LogP contribution in [0.25, 0.3) is 0 Å². The molecule has 0 aromatic rings. The van der Waals surface area contributed by atoms with Gasteiger partial charge in [0.15, 0.2) is 0 Å². The number of hydrogen-bond donors (Lipinski definition) is 0. The fourth-order valence-corrected chi connectivity index (χ4v) is 2.25. The lowest BCUT2D eigenvalue weighted by Crippen LogP contribution is -2.38. The molecule has 0 aromatic heterocycles. The van der Waals surface area contributed by atoms with Crippen LogP contribution >= 0.6 is 0 Å². The van der Waals surface area contributed by atoms with Crippen LogP contribution in [0.5, 0.6) is 0 Å². The molecule has 0 N–H and O–H groups in total. The van der Waals surface area contributed by atoms with Crippen LogP contribution in [0.2, 0.25) is 0 Å². The highest BCUT2D eigenvalue weighted by Crippen LogP contribution is 2.12. The molecule has 17 heavy (non-hydrogen) atoms. The Hall–Kier alpha value is -1.06. The molecule has 1 heterocycles. The molecule has 1 atom stereocenters. The molecule has 98 valence electrons. The topological polar surface area (TPSA) is 40.6 Å². The third-order valence-corrected chi connectivity index (χ3v) is 3.16. The molecule has 4 heteroatoms. The molecule has 1 fully saturated rings. The average molecular weight is 240 g/mol. The van der Waals surface area contributed by atoms with Gasteiger partial charge < -0.3 is 9.80 Å². The maximum absolute atomic E-state index is 12.0. The van der Waals surface area contributed by atoms with Crippen molar-refractivity contribution in [1.29, 1.82) is 0 Å². The van der Waals surface area contributed by atoms with Crippen LogP contribution in [0.4, 0.5) is 0 Å². The van der Waals surface area contributed by atoms with Crippen molar-refractivity contribution in [2.24, 2.45) is 11.8 Å². The third kappa shape index (κ3) is 3.72. The van der Waals surface area contributed by atoms with E-state index in [4.69, 9.17) is 0 Å². The van der Waals surface area contributed by atoms with Crippen LogP contribution < -0.4 is 0 Å². The molecule has 4 nitrogen and oxygen atoms in total. The zero-order valence-corrected chi connectivity index (χ0v) is 11.4. The first-order valence-electron chi connectivity index (χ1n) is 6.52. The van der Waals surface area contributed by atoms with E-state index in [1.165, 1.54) is 0 Å². The van der Waals surface area contributed by atoms with Crippen molar-refractivity contribution in [3.05, 3.63) is 0 Å². The van der Waals surface area contributed by atoms with Crippen molar-refractivity contribution in [1.82, 2.24) is 9.80 Å². The van der Waals surface area contributed by atoms with E-state index in [-0.39, 0.29) is 17.7 Å². The summed E-state index contributed by atoms with van der Waals surface area (Å²) in [6.45, 7) is 10.7. The van der Waals surface area contributed by atoms with E-state index < -0.39 is 0 Å². The summed E-state index contributed by atoms with van der Waals surface area (Å²) in [6, 6.07) is 0. The van der Waals surface area contributed by atoms with Gasteiger partial charge in [0, 0.05) is 38.5 Å². The first-order chi connectivity index (χ1) is 7.95. The van der Waals surface area contributed by atoms with Crippen molar-refractivity contribution in [2.45, 2.75) is 34.1 Å². The van der Waals surface area contributed by atoms with Gasteiger partial charge >= 0.3 is 0 Å². The molecule has 1 rings (SSSR count). The number of hydrogen-bond acceptors (Lipinski definition) is 2. The molecule has 0 bridgehead atoms. The predicted molar refractivity (Wildman–Crippen MR) is 67.5 cm³/mol. The Morgan fingerprint density at radius 3 is 2.24 bits per heavy atom. The number of amides is 2. The van der Waals surface area contributed by atoms with Crippen molar-refractivity contribution in [2.75, 3.05) is 26.2 Å². The minimum atomic E-state index is 0.0376. The zero-order valence-electron chi connectivity index (χ0n) is 11.4. The van der Waals surface area contributed by atoms with Gasteiger partial charge in [-0.2, -0.15) is 0 Å². The summed E-state index contributed by atoms with van der Waals surface area (Å²) < 4.78 is 0. The van der Waals surface area contributed by atoms with Crippen molar-refractivity contribution < 1.29 is 9.59 Å². The second-order valence-corrected chi connectivity index (χ2v) is 5.24. The zero-order chi connectivity index (χ0) is 13.0. The molecule has 0 radical (unpaired) electrons. The van der Waals surface area contributed by atoms with Gasteiger partial charge in [-0.25, -0.2) is 0 Å². The Morgan fingerprint density at radius 1 is 1.18 bits per heavy atom. The number of carbonyl (C=O) groups excluding carboxylic acids is 2. The molecule has 1 aliphatic heterocycles. The van der Waals surface area contributed by atoms with Gasteiger partial charge in [0.05, 0.1) is 0 Å². The fraction of sp³-hybridized carbons (Fsp3) is 0.846. The van der Waals surface area contributed by atoms with Gasteiger partial charge in [-0.05, 0) is 5.92 Å². The van der Waals surface area contributed by atoms with Crippen LogP contribution in [0.3, 0.4) is 0 Å². The molecule has 0 aliphatic carbocycles. The molecule has 2 amide bonds. The molecule has 0 aromatic carbocycles. The summed E-state index contributed by atoms with van der Waals surface area (Å²) in [5.41, 5.74) is 0. The van der Waals surface area contributed by atoms with Gasteiger partial charge in [0.2, 0.25) is 11.8 Å². The highest BCUT2D eigenvalue weighted by molar-refractivity contribution is 5.79. The SMILES string of the molecule is CCC(=O)N1CCN(C(=O)C(C)C)C[C@H](C)C1. The maximum Gasteiger partial charge on any atom is 0.225 e. The lowest BCUT2D eigenvalue weighted by atomic mass is 10.1. The van der Waals surface area contributed by atoms with Crippen LogP contribution in [-0.4, -0.2) is 47.8 Å². The number of nitrogens with zero attached hydrogens (tertiary/aromatic N) is 2. The fourth-order valence-electron chi connectivity index (χ4n) is 2.25. The van der Waals surface area contributed by atoms with Crippen molar-refractivity contribution in [3.63, 3.8) is 0 Å². The molecule has 0 saturated carbocycles. The number of rotatable bonds is 2. The first kappa shape index (κ1) is 14.0. The Labute approximate surface area is 104 Å². The number of carbonyl (C=O) groups is 2. The molecule has 1 saturated heterocycles. The minimum Gasteiger partial charge on any atom is -0.341 e. The molecule has 0 spiro atoms. The van der Waals surface area contributed by atoms with E-state index in [2.05, 4.69) is 6.92 Å². The second kappa shape index (κ2) is 6.03. The molecular weight excluding hydrogens is 216 g/mol. The Bertz CT molecular complexity index is 289. The quantitative estimate of drug-likeness (QED) is 0.731. The molecular formula is C13H24N2O2. The second-order valence-electron chi connectivity index (χ2n) is 5.24. The van der Waals surface area contributed by atoms with Gasteiger partial charge in [0.25, 0.3) is 0 Å². The highest BCUT2D eigenvalue weighted by atomic mass is 16.2. The van der Waals surface area contributed by atoms with Crippen LogP contribution in [0, 0.1) is 11.8 Å². The van der Waals surface area contributed by atoms with Crippen LogP contribution in [-0.2, 0) is 9.59 Å².